The van der Waals surface area contributed by atoms with Crippen LogP contribution < -0.4 is 5.32 Å². The van der Waals surface area contributed by atoms with Crippen LogP contribution in [0.4, 0.5) is 8.78 Å². The molecule has 3 fully saturated rings. The maximum absolute atomic E-state index is 13.7. The SMILES string of the molecule is O=C1NCC2(CCN(CCc3cc(F)ccc3F)CC2)OC12CC2. The number of ether oxygens (including phenoxy) is 1. The normalized spacial score (nSPS) is 25.0. The van der Waals surface area contributed by atoms with Crippen molar-refractivity contribution in [1.29, 1.82) is 0 Å². The van der Waals surface area contributed by atoms with Crippen molar-refractivity contribution in [2.24, 2.45) is 0 Å². The number of piperidine rings is 1. The van der Waals surface area contributed by atoms with E-state index in [4.69, 9.17) is 4.74 Å². The Labute approximate surface area is 140 Å². The molecule has 0 unspecified atom stereocenters. The van der Waals surface area contributed by atoms with Crippen molar-refractivity contribution in [2.75, 3.05) is 26.2 Å². The summed E-state index contributed by atoms with van der Waals surface area (Å²) >= 11 is 0. The van der Waals surface area contributed by atoms with Crippen molar-refractivity contribution in [3.05, 3.63) is 35.4 Å². The number of rotatable bonds is 3. The van der Waals surface area contributed by atoms with Gasteiger partial charge in [-0.2, -0.15) is 0 Å². The molecular weight excluding hydrogens is 314 g/mol. The minimum Gasteiger partial charge on any atom is -0.357 e. The average molecular weight is 336 g/mol. The molecule has 6 heteroatoms. The number of benzene rings is 1. The van der Waals surface area contributed by atoms with Crippen molar-refractivity contribution in [1.82, 2.24) is 10.2 Å². The molecule has 0 radical (unpaired) electrons. The van der Waals surface area contributed by atoms with Crippen molar-refractivity contribution < 1.29 is 18.3 Å². The van der Waals surface area contributed by atoms with Crippen LogP contribution in [0.15, 0.2) is 18.2 Å². The van der Waals surface area contributed by atoms with E-state index in [9.17, 15) is 13.6 Å². The van der Waals surface area contributed by atoms with Gasteiger partial charge >= 0.3 is 0 Å². The first-order valence-corrected chi connectivity index (χ1v) is 8.65. The monoisotopic (exact) mass is 336 g/mol. The molecule has 4 nitrogen and oxygen atoms in total. The number of halogens is 2. The topological polar surface area (TPSA) is 41.6 Å². The number of morpholine rings is 1. The fraction of sp³-hybridized carbons (Fsp3) is 0.611. The highest BCUT2D eigenvalue weighted by Gasteiger charge is 2.59. The summed E-state index contributed by atoms with van der Waals surface area (Å²) in [4.78, 5) is 14.1. The van der Waals surface area contributed by atoms with Crippen LogP contribution in [-0.2, 0) is 16.0 Å². The Morgan fingerprint density at radius 3 is 2.62 bits per heavy atom. The lowest BCUT2D eigenvalue weighted by molar-refractivity contribution is -0.178. The van der Waals surface area contributed by atoms with Gasteiger partial charge in [0, 0.05) is 26.2 Å². The van der Waals surface area contributed by atoms with Gasteiger partial charge < -0.3 is 15.0 Å². The van der Waals surface area contributed by atoms with Gasteiger partial charge in [-0.25, -0.2) is 8.78 Å². The van der Waals surface area contributed by atoms with Crippen molar-refractivity contribution in [3.63, 3.8) is 0 Å². The molecular formula is C18H22F2N2O2. The molecule has 1 amide bonds. The second-order valence-corrected chi connectivity index (χ2v) is 7.29. The van der Waals surface area contributed by atoms with Crippen LogP contribution in [0.5, 0.6) is 0 Å². The summed E-state index contributed by atoms with van der Waals surface area (Å²) in [6.45, 7) is 2.99. The molecule has 24 heavy (non-hydrogen) atoms. The zero-order valence-electron chi connectivity index (χ0n) is 13.6. The second kappa shape index (κ2) is 5.77. The van der Waals surface area contributed by atoms with Crippen LogP contribution >= 0.6 is 0 Å². The Hall–Kier alpha value is -1.53. The third-order valence-electron chi connectivity index (χ3n) is 5.57. The van der Waals surface area contributed by atoms with Crippen LogP contribution in [0.2, 0.25) is 0 Å². The predicted molar refractivity (Wildman–Crippen MR) is 84.5 cm³/mol. The van der Waals surface area contributed by atoms with E-state index in [1.165, 1.54) is 12.1 Å². The van der Waals surface area contributed by atoms with Gasteiger partial charge in [0.25, 0.3) is 5.91 Å². The van der Waals surface area contributed by atoms with Gasteiger partial charge in [-0.3, -0.25) is 4.79 Å². The van der Waals surface area contributed by atoms with Crippen molar-refractivity contribution in [3.8, 4) is 0 Å². The molecule has 1 aromatic carbocycles. The number of nitrogens with one attached hydrogen (secondary N) is 1. The van der Waals surface area contributed by atoms with Crippen LogP contribution in [0.25, 0.3) is 0 Å². The number of hydrogen-bond acceptors (Lipinski definition) is 3. The van der Waals surface area contributed by atoms with Crippen LogP contribution in [0, 0.1) is 11.6 Å². The van der Waals surface area contributed by atoms with Gasteiger partial charge in [0.15, 0.2) is 0 Å². The molecule has 2 spiro atoms. The average Bonchev–Trinajstić information content (AvgIpc) is 3.34. The molecule has 2 aliphatic heterocycles. The molecule has 3 aliphatic rings. The molecule has 1 aliphatic carbocycles. The van der Waals surface area contributed by atoms with Crippen LogP contribution in [0.3, 0.4) is 0 Å². The number of amides is 1. The number of nitrogens with zero attached hydrogens (tertiary/aromatic N) is 1. The van der Waals surface area contributed by atoms with Gasteiger partial charge in [-0.05, 0) is 55.9 Å². The van der Waals surface area contributed by atoms with E-state index >= 15 is 0 Å². The number of carbonyl (C=O) groups excluding carboxylic acids is 1. The summed E-state index contributed by atoms with van der Waals surface area (Å²) in [5.41, 5.74) is -0.371. The molecule has 1 saturated carbocycles. The second-order valence-electron chi connectivity index (χ2n) is 7.29. The molecule has 1 N–H and O–H groups in total. The van der Waals surface area contributed by atoms with Gasteiger partial charge in [0.05, 0.1) is 5.60 Å². The van der Waals surface area contributed by atoms with E-state index in [0.29, 0.717) is 25.1 Å². The Morgan fingerprint density at radius 1 is 1.17 bits per heavy atom. The maximum atomic E-state index is 13.7. The highest BCUT2D eigenvalue weighted by atomic mass is 19.1. The summed E-state index contributed by atoms with van der Waals surface area (Å²) in [5, 5.41) is 3.01. The first kappa shape index (κ1) is 16.0. The lowest BCUT2D eigenvalue weighted by atomic mass is 9.88. The van der Waals surface area contributed by atoms with Crippen LogP contribution in [-0.4, -0.2) is 48.2 Å². The smallest absolute Gasteiger partial charge is 0.252 e. The van der Waals surface area contributed by atoms with Gasteiger partial charge in [-0.1, -0.05) is 0 Å². The molecule has 4 rings (SSSR count). The number of likely N-dealkylation sites (tertiary alicyclic amines) is 1. The van der Waals surface area contributed by atoms with E-state index in [1.807, 2.05) is 0 Å². The van der Waals surface area contributed by atoms with Gasteiger partial charge in [-0.15, -0.1) is 0 Å². The van der Waals surface area contributed by atoms with E-state index in [0.717, 1.165) is 44.8 Å². The zero-order valence-corrected chi connectivity index (χ0v) is 13.6. The Bertz CT molecular complexity index is 652. The van der Waals surface area contributed by atoms with Crippen molar-refractivity contribution in [2.45, 2.75) is 43.3 Å². The summed E-state index contributed by atoms with van der Waals surface area (Å²) in [6.07, 6.45) is 3.87. The zero-order chi connectivity index (χ0) is 16.8. The Morgan fingerprint density at radius 2 is 1.92 bits per heavy atom. The summed E-state index contributed by atoms with van der Waals surface area (Å²) < 4.78 is 33.1. The van der Waals surface area contributed by atoms with E-state index in [-0.39, 0.29) is 17.3 Å². The quantitative estimate of drug-likeness (QED) is 0.918. The van der Waals surface area contributed by atoms with Gasteiger partial charge in [0.1, 0.15) is 17.2 Å². The summed E-state index contributed by atoms with van der Waals surface area (Å²) in [5.74, 6) is -0.707. The summed E-state index contributed by atoms with van der Waals surface area (Å²) in [7, 11) is 0. The first-order valence-electron chi connectivity index (χ1n) is 8.65. The fourth-order valence-corrected chi connectivity index (χ4v) is 3.82. The molecule has 0 aromatic heterocycles. The maximum Gasteiger partial charge on any atom is 0.252 e. The highest BCUT2D eigenvalue weighted by molar-refractivity contribution is 5.88. The van der Waals surface area contributed by atoms with Crippen LogP contribution in [0.1, 0.15) is 31.2 Å². The summed E-state index contributed by atoms with van der Waals surface area (Å²) in [6, 6.07) is 3.60. The molecule has 2 saturated heterocycles. The standard InChI is InChI=1S/C18H22F2N2O2/c19-14-1-2-15(20)13(11-14)3-8-22-9-6-17(7-10-22)12-21-16(23)18(24-17)4-5-18/h1-2,11H,3-10,12H2,(H,21,23). The number of hydrogen-bond donors (Lipinski definition) is 1. The lowest BCUT2D eigenvalue weighted by Gasteiger charge is -2.46. The van der Waals surface area contributed by atoms with E-state index in [1.54, 1.807) is 0 Å². The van der Waals surface area contributed by atoms with Crippen molar-refractivity contribution >= 4 is 5.91 Å². The largest absolute Gasteiger partial charge is 0.357 e. The molecule has 130 valence electrons. The highest BCUT2D eigenvalue weighted by Crippen LogP contribution is 2.47. The van der Waals surface area contributed by atoms with E-state index < -0.39 is 11.4 Å². The predicted octanol–water partition coefficient (Wildman–Crippen LogP) is 2.02. The van der Waals surface area contributed by atoms with E-state index in [2.05, 4.69) is 10.2 Å². The lowest BCUT2D eigenvalue weighted by Crippen LogP contribution is -2.61. The minimum atomic E-state index is -0.550. The Balaban J connectivity index is 1.32. The molecule has 0 bridgehead atoms. The third kappa shape index (κ3) is 2.93. The first-order chi connectivity index (χ1) is 11.5. The molecule has 1 aromatic rings. The molecule has 0 atom stereocenters. The Kier molecular flexibility index (Phi) is 3.84. The van der Waals surface area contributed by atoms with Gasteiger partial charge in [0.2, 0.25) is 0 Å². The fourth-order valence-electron chi connectivity index (χ4n) is 3.82. The molecule has 2 heterocycles. The minimum absolute atomic E-state index is 0.0390. The number of carbonyl (C=O) groups is 1. The third-order valence-corrected chi connectivity index (χ3v) is 5.57.